The van der Waals surface area contributed by atoms with E-state index >= 15 is 0 Å². The zero-order chi connectivity index (χ0) is 14.7. The molecule has 0 saturated carbocycles. The molecule has 0 aromatic heterocycles. The van der Waals surface area contributed by atoms with Gasteiger partial charge in [0.05, 0.1) is 17.4 Å². The van der Waals surface area contributed by atoms with Crippen molar-refractivity contribution in [2.24, 2.45) is 0 Å². The van der Waals surface area contributed by atoms with E-state index in [1.165, 1.54) is 36.6 Å². The normalized spacial score (nSPS) is 10.0. The third-order valence-corrected chi connectivity index (χ3v) is 2.66. The van der Waals surface area contributed by atoms with Crippen LogP contribution in [0.5, 0.6) is 23.0 Å². The van der Waals surface area contributed by atoms with Crippen molar-refractivity contribution in [3.05, 3.63) is 60.4 Å². The molecule has 0 unspecified atom stereocenters. The molecule has 2 aromatic carbocycles. The summed E-state index contributed by atoms with van der Waals surface area (Å²) < 4.78 is 4.98. The van der Waals surface area contributed by atoms with Crippen LogP contribution < -0.4 is 4.74 Å². The molecule has 0 aliphatic rings. The van der Waals surface area contributed by atoms with Crippen LogP contribution in [0.25, 0.3) is 0 Å². The summed E-state index contributed by atoms with van der Waals surface area (Å²) in [5, 5.41) is 28.7. The zero-order valence-corrected chi connectivity index (χ0v) is 10.4. The fourth-order valence-corrected chi connectivity index (χ4v) is 1.73. The van der Waals surface area contributed by atoms with Gasteiger partial charge >= 0.3 is 0 Å². The molecule has 0 fully saturated rings. The molecule has 0 aliphatic heterocycles. The minimum absolute atomic E-state index is 0.0161. The van der Waals surface area contributed by atoms with Crippen LogP contribution in [0, 0.1) is 0 Å². The molecule has 5 heteroatoms. The third-order valence-electron chi connectivity index (χ3n) is 2.66. The molecule has 5 nitrogen and oxygen atoms in total. The SMILES string of the molecule is C=COc1ccc(C(=O)c2ccc(O)cc2O)c(O)c1. The summed E-state index contributed by atoms with van der Waals surface area (Å²) in [5.41, 5.74) is -0.00195. The fraction of sp³-hybridized carbons (Fsp3) is 0. The number of benzene rings is 2. The van der Waals surface area contributed by atoms with Crippen LogP contribution in [0.4, 0.5) is 0 Å². The Morgan fingerprint density at radius 1 is 1.00 bits per heavy atom. The quantitative estimate of drug-likeness (QED) is 0.588. The van der Waals surface area contributed by atoms with E-state index in [0.29, 0.717) is 5.75 Å². The van der Waals surface area contributed by atoms with E-state index < -0.39 is 5.78 Å². The van der Waals surface area contributed by atoms with Gasteiger partial charge < -0.3 is 20.1 Å². The number of carbonyl (C=O) groups excluding carboxylic acids is 1. The van der Waals surface area contributed by atoms with Gasteiger partial charge in [-0.25, -0.2) is 0 Å². The predicted molar refractivity (Wildman–Crippen MR) is 72.1 cm³/mol. The highest BCUT2D eigenvalue weighted by Gasteiger charge is 2.17. The minimum atomic E-state index is -0.565. The van der Waals surface area contributed by atoms with E-state index in [0.717, 1.165) is 6.07 Å². The first kappa shape index (κ1) is 13.5. The molecule has 0 heterocycles. The van der Waals surface area contributed by atoms with Gasteiger partial charge in [-0.15, -0.1) is 0 Å². The Labute approximate surface area is 115 Å². The van der Waals surface area contributed by atoms with E-state index in [2.05, 4.69) is 6.58 Å². The van der Waals surface area contributed by atoms with Crippen LogP contribution in [0.3, 0.4) is 0 Å². The Morgan fingerprint density at radius 2 is 1.60 bits per heavy atom. The molecule has 0 atom stereocenters. The molecule has 0 spiro atoms. The smallest absolute Gasteiger partial charge is 0.200 e. The van der Waals surface area contributed by atoms with Crippen LogP contribution in [0.15, 0.2) is 49.2 Å². The molecule has 0 amide bonds. The number of ketones is 1. The molecule has 2 aromatic rings. The Morgan fingerprint density at radius 3 is 2.15 bits per heavy atom. The van der Waals surface area contributed by atoms with Crippen LogP contribution in [-0.4, -0.2) is 21.1 Å². The average Bonchev–Trinajstić information content (AvgIpc) is 2.38. The highest BCUT2D eigenvalue weighted by atomic mass is 16.5. The van der Waals surface area contributed by atoms with Gasteiger partial charge in [-0.2, -0.15) is 0 Å². The van der Waals surface area contributed by atoms with Crippen molar-refractivity contribution in [2.75, 3.05) is 0 Å². The fourth-order valence-electron chi connectivity index (χ4n) is 1.73. The van der Waals surface area contributed by atoms with Gasteiger partial charge in [-0.05, 0) is 24.3 Å². The second kappa shape index (κ2) is 5.36. The Kier molecular flexibility index (Phi) is 3.61. The summed E-state index contributed by atoms with van der Waals surface area (Å²) in [6.45, 7) is 3.38. The molecule has 102 valence electrons. The summed E-state index contributed by atoms with van der Waals surface area (Å²) in [6, 6.07) is 7.75. The number of phenols is 3. The van der Waals surface area contributed by atoms with E-state index in [9.17, 15) is 20.1 Å². The van der Waals surface area contributed by atoms with Gasteiger partial charge in [-0.1, -0.05) is 6.58 Å². The maximum absolute atomic E-state index is 12.2. The van der Waals surface area contributed by atoms with Gasteiger partial charge in [0.15, 0.2) is 5.78 Å². The number of hydrogen-bond donors (Lipinski definition) is 3. The van der Waals surface area contributed by atoms with Gasteiger partial charge in [0, 0.05) is 12.1 Å². The van der Waals surface area contributed by atoms with Crippen molar-refractivity contribution in [2.45, 2.75) is 0 Å². The van der Waals surface area contributed by atoms with Crippen LogP contribution in [-0.2, 0) is 0 Å². The maximum Gasteiger partial charge on any atom is 0.200 e. The minimum Gasteiger partial charge on any atom is -0.508 e. The zero-order valence-electron chi connectivity index (χ0n) is 10.4. The lowest BCUT2D eigenvalue weighted by Gasteiger charge is -2.07. The molecular weight excluding hydrogens is 260 g/mol. The molecule has 0 saturated heterocycles. The van der Waals surface area contributed by atoms with Crippen LogP contribution >= 0.6 is 0 Å². The molecule has 2 rings (SSSR count). The van der Waals surface area contributed by atoms with E-state index in [1.54, 1.807) is 0 Å². The van der Waals surface area contributed by atoms with Crippen LogP contribution in [0.2, 0.25) is 0 Å². The van der Waals surface area contributed by atoms with Crippen molar-refractivity contribution in [1.82, 2.24) is 0 Å². The lowest BCUT2D eigenvalue weighted by atomic mass is 10.0. The molecule has 0 radical (unpaired) electrons. The first-order valence-electron chi connectivity index (χ1n) is 5.70. The van der Waals surface area contributed by atoms with Crippen molar-refractivity contribution in [3.8, 4) is 23.0 Å². The van der Waals surface area contributed by atoms with E-state index in [1.807, 2.05) is 0 Å². The highest BCUT2D eigenvalue weighted by Crippen LogP contribution is 2.30. The molecule has 0 aliphatic carbocycles. The maximum atomic E-state index is 12.2. The topological polar surface area (TPSA) is 87.0 Å². The number of phenolic OH excluding ortho intramolecular Hbond substituents is 3. The second-order valence-electron chi connectivity index (χ2n) is 3.99. The van der Waals surface area contributed by atoms with Crippen LogP contribution in [0.1, 0.15) is 15.9 Å². The second-order valence-corrected chi connectivity index (χ2v) is 3.99. The Balaban J connectivity index is 2.40. The molecule has 0 bridgehead atoms. The van der Waals surface area contributed by atoms with Gasteiger partial charge in [0.2, 0.25) is 0 Å². The number of aromatic hydroxyl groups is 3. The summed E-state index contributed by atoms with van der Waals surface area (Å²) in [6.07, 6.45) is 1.20. The van der Waals surface area contributed by atoms with Crippen molar-refractivity contribution in [1.29, 1.82) is 0 Å². The highest BCUT2D eigenvalue weighted by molar-refractivity contribution is 6.12. The summed E-state index contributed by atoms with van der Waals surface area (Å²) in [7, 11) is 0. The van der Waals surface area contributed by atoms with Crippen molar-refractivity contribution >= 4 is 5.78 Å². The van der Waals surface area contributed by atoms with E-state index in [4.69, 9.17) is 4.74 Å². The van der Waals surface area contributed by atoms with Gasteiger partial charge in [-0.3, -0.25) is 4.79 Å². The summed E-state index contributed by atoms with van der Waals surface area (Å²) in [5.74, 6) is -1.02. The largest absolute Gasteiger partial charge is 0.508 e. The number of rotatable bonds is 4. The predicted octanol–water partition coefficient (Wildman–Crippen LogP) is 2.56. The first-order chi connectivity index (χ1) is 9.52. The lowest BCUT2D eigenvalue weighted by molar-refractivity contribution is 0.103. The number of hydrogen-bond acceptors (Lipinski definition) is 5. The van der Waals surface area contributed by atoms with Gasteiger partial charge in [0.25, 0.3) is 0 Å². The first-order valence-corrected chi connectivity index (χ1v) is 5.70. The Hall–Kier alpha value is -2.95. The Bertz CT molecular complexity index is 676. The molecule has 3 N–H and O–H groups in total. The molecule has 20 heavy (non-hydrogen) atoms. The lowest BCUT2D eigenvalue weighted by Crippen LogP contribution is -2.02. The molecular formula is C15H12O5. The van der Waals surface area contributed by atoms with E-state index in [-0.39, 0.29) is 28.4 Å². The summed E-state index contributed by atoms with van der Waals surface area (Å²) >= 11 is 0. The monoisotopic (exact) mass is 272 g/mol. The number of ether oxygens (including phenoxy) is 1. The average molecular weight is 272 g/mol. The number of carbonyl (C=O) groups is 1. The van der Waals surface area contributed by atoms with Crippen molar-refractivity contribution in [3.63, 3.8) is 0 Å². The van der Waals surface area contributed by atoms with Crippen molar-refractivity contribution < 1.29 is 24.9 Å². The third kappa shape index (κ3) is 2.56. The van der Waals surface area contributed by atoms with Gasteiger partial charge in [0.1, 0.15) is 23.0 Å². The summed E-state index contributed by atoms with van der Waals surface area (Å²) in [4.78, 5) is 12.2. The standard InChI is InChI=1S/C15H12O5/c1-2-20-10-4-6-12(14(18)8-10)15(19)11-5-3-9(16)7-13(11)17/h2-8,16-18H,1H2.